The highest BCUT2D eigenvalue weighted by molar-refractivity contribution is 5.96. The molecular weight excluding hydrogens is 334 g/mol. The van der Waals surface area contributed by atoms with E-state index in [1.165, 1.54) is 7.11 Å². The Hall–Kier alpha value is -2.70. The Morgan fingerprint density at radius 2 is 2.00 bits per heavy atom. The fourth-order valence-corrected chi connectivity index (χ4v) is 2.72. The third-order valence-corrected chi connectivity index (χ3v) is 3.86. The lowest BCUT2D eigenvalue weighted by molar-refractivity contribution is -0.138. The largest absolute Gasteiger partial charge is 0.468 e. The minimum absolute atomic E-state index is 0.0660. The standard InChI is InChI=1S/C19H27N3O4/c1-6-13(22-18(24)26-19(2,3)4)12-10-20-14-8-7-9-15(17(12)14)21-11-16(23)25-5/h7-10,13,20-21H,6,11H2,1-5H3,(H,22,24). The van der Waals surface area contributed by atoms with Crippen LogP contribution in [0.3, 0.4) is 0 Å². The van der Waals surface area contributed by atoms with Crippen LogP contribution in [-0.4, -0.2) is 36.3 Å². The zero-order chi connectivity index (χ0) is 19.3. The Morgan fingerprint density at radius 3 is 2.62 bits per heavy atom. The molecule has 0 aliphatic heterocycles. The smallest absolute Gasteiger partial charge is 0.408 e. The summed E-state index contributed by atoms with van der Waals surface area (Å²) in [6.45, 7) is 7.54. The number of anilines is 1. The molecule has 0 saturated heterocycles. The van der Waals surface area contributed by atoms with Crippen LogP contribution in [0.5, 0.6) is 0 Å². The summed E-state index contributed by atoms with van der Waals surface area (Å²) in [4.78, 5) is 26.8. The summed E-state index contributed by atoms with van der Waals surface area (Å²) in [5, 5.41) is 6.95. The maximum absolute atomic E-state index is 12.2. The number of H-pyrrole nitrogens is 1. The maximum Gasteiger partial charge on any atom is 0.408 e. The minimum atomic E-state index is -0.560. The molecule has 1 aromatic heterocycles. The molecule has 142 valence electrons. The van der Waals surface area contributed by atoms with Crippen LogP contribution >= 0.6 is 0 Å². The highest BCUT2D eigenvalue weighted by Crippen LogP contribution is 2.32. The van der Waals surface area contributed by atoms with Crippen molar-refractivity contribution in [1.82, 2.24) is 10.3 Å². The predicted octanol–water partition coefficient (Wildman–Crippen LogP) is 3.73. The van der Waals surface area contributed by atoms with Gasteiger partial charge in [0.15, 0.2) is 0 Å². The third-order valence-electron chi connectivity index (χ3n) is 3.86. The van der Waals surface area contributed by atoms with Gasteiger partial charge in [0.25, 0.3) is 0 Å². The van der Waals surface area contributed by atoms with E-state index in [-0.39, 0.29) is 18.6 Å². The summed E-state index contributed by atoms with van der Waals surface area (Å²) in [7, 11) is 1.35. The average molecular weight is 361 g/mol. The van der Waals surface area contributed by atoms with Gasteiger partial charge in [-0.15, -0.1) is 0 Å². The van der Waals surface area contributed by atoms with Crippen molar-refractivity contribution in [2.24, 2.45) is 0 Å². The van der Waals surface area contributed by atoms with Crippen molar-refractivity contribution < 1.29 is 19.1 Å². The van der Waals surface area contributed by atoms with E-state index in [9.17, 15) is 9.59 Å². The normalized spacial score (nSPS) is 12.5. The van der Waals surface area contributed by atoms with Gasteiger partial charge in [-0.1, -0.05) is 13.0 Å². The first-order valence-electron chi connectivity index (χ1n) is 8.65. The number of hydrogen-bond donors (Lipinski definition) is 3. The van der Waals surface area contributed by atoms with Crippen LogP contribution in [0.4, 0.5) is 10.5 Å². The van der Waals surface area contributed by atoms with Crippen molar-refractivity contribution in [3.63, 3.8) is 0 Å². The zero-order valence-corrected chi connectivity index (χ0v) is 15.9. The number of esters is 1. The molecule has 26 heavy (non-hydrogen) atoms. The van der Waals surface area contributed by atoms with Crippen molar-refractivity contribution in [1.29, 1.82) is 0 Å². The van der Waals surface area contributed by atoms with E-state index < -0.39 is 11.7 Å². The lowest BCUT2D eigenvalue weighted by atomic mass is 10.0. The number of nitrogens with one attached hydrogen (secondary N) is 3. The molecule has 0 radical (unpaired) electrons. The Labute approximate surface area is 153 Å². The van der Waals surface area contributed by atoms with E-state index in [0.717, 1.165) is 22.2 Å². The predicted molar refractivity (Wildman–Crippen MR) is 101 cm³/mol. The number of ether oxygens (including phenoxy) is 2. The number of fused-ring (bicyclic) bond motifs is 1. The lowest BCUT2D eigenvalue weighted by Gasteiger charge is -2.23. The van der Waals surface area contributed by atoms with Gasteiger partial charge >= 0.3 is 12.1 Å². The number of carbonyl (C=O) groups excluding carboxylic acids is 2. The SMILES string of the molecule is CCC(NC(=O)OC(C)(C)C)c1c[nH]c2cccc(NCC(=O)OC)c12. The molecule has 0 aliphatic rings. The summed E-state index contributed by atoms with van der Waals surface area (Å²) >= 11 is 0. The summed E-state index contributed by atoms with van der Waals surface area (Å²) < 4.78 is 10.0. The van der Waals surface area contributed by atoms with Crippen molar-refractivity contribution in [2.45, 2.75) is 45.8 Å². The van der Waals surface area contributed by atoms with Crippen LogP contribution in [0, 0.1) is 0 Å². The van der Waals surface area contributed by atoms with Crippen LogP contribution in [0.15, 0.2) is 24.4 Å². The number of hydrogen-bond acceptors (Lipinski definition) is 5. The second kappa shape index (κ2) is 8.12. The summed E-state index contributed by atoms with van der Waals surface area (Å²) in [6, 6.07) is 5.51. The van der Waals surface area contributed by atoms with Crippen molar-refractivity contribution in [2.75, 3.05) is 19.0 Å². The Morgan fingerprint density at radius 1 is 1.27 bits per heavy atom. The van der Waals surface area contributed by atoms with E-state index in [4.69, 9.17) is 4.74 Å². The molecule has 0 bridgehead atoms. The molecule has 0 spiro atoms. The highest BCUT2D eigenvalue weighted by atomic mass is 16.6. The summed E-state index contributed by atoms with van der Waals surface area (Å²) in [5.41, 5.74) is 2.09. The number of rotatable bonds is 6. The quantitative estimate of drug-likeness (QED) is 0.682. The van der Waals surface area contributed by atoms with Crippen molar-refractivity contribution in [3.8, 4) is 0 Å². The van der Waals surface area contributed by atoms with Crippen molar-refractivity contribution in [3.05, 3.63) is 30.0 Å². The second-order valence-corrected chi connectivity index (χ2v) is 7.01. The monoisotopic (exact) mass is 361 g/mol. The van der Waals surface area contributed by atoms with E-state index in [1.807, 2.05) is 52.1 Å². The van der Waals surface area contributed by atoms with Gasteiger partial charge in [-0.2, -0.15) is 0 Å². The van der Waals surface area contributed by atoms with Gasteiger partial charge < -0.3 is 25.1 Å². The molecule has 0 fully saturated rings. The van der Waals surface area contributed by atoms with Gasteiger partial charge in [-0.3, -0.25) is 4.79 Å². The van der Waals surface area contributed by atoms with E-state index in [0.29, 0.717) is 6.42 Å². The van der Waals surface area contributed by atoms with Gasteiger partial charge in [0.2, 0.25) is 0 Å². The van der Waals surface area contributed by atoms with E-state index in [1.54, 1.807) is 0 Å². The number of methoxy groups -OCH3 is 1. The first-order chi connectivity index (χ1) is 12.2. The molecule has 7 nitrogen and oxygen atoms in total. The number of benzene rings is 1. The number of alkyl carbamates (subject to hydrolysis) is 1. The molecule has 0 saturated carbocycles. The average Bonchev–Trinajstić information content (AvgIpc) is 3.00. The van der Waals surface area contributed by atoms with Gasteiger partial charge in [0.1, 0.15) is 12.1 Å². The topological polar surface area (TPSA) is 92.5 Å². The molecule has 7 heteroatoms. The molecule has 1 amide bonds. The number of aromatic nitrogens is 1. The number of amides is 1. The molecule has 0 aliphatic carbocycles. The number of aromatic amines is 1. The fraction of sp³-hybridized carbons (Fsp3) is 0.474. The Kier molecular flexibility index (Phi) is 6.13. The second-order valence-electron chi connectivity index (χ2n) is 7.01. The molecular formula is C19H27N3O4. The zero-order valence-electron chi connectivity index (χ0n) is 15.9. The molecule has 2 rings (SSSR count). The van der Waals surface area contributed by atoms with Gasteiger partial charge in [-0.05, 0) is 39.3 Å². The highest BCUT2D eigenvalue weighted by Gasteiger charge is 2.22. The summed E-state index contributed by atoms with van der Waals surface area (Å²) in [6.07, 6.45) is 2.11. The minimum Gasteiger partial charge on any atom is -0.468 e. The van der Waals surface area contributed by atoms with Crippen molar-refractivity contribution >= 4 is 28.7 Å². The third kappa shape index (κ3) is 4.91. The molecule has 1 atom stereocenters. The van der Waals surface area contributed by atoms with Crippen LogP contribution in [0.25, 0.3) is 10.9 Å². The Balaban J connectivity index is 2.29. The first kappa shape index (κ1) is 19.6. The Bertz CT molecular complexity index is 777. The van der Waals surface area contributed by atoms with E-state index in [2.05, 4.69) is 20.4 Å². The number of carbonyl (C=O) groups is 2. The molecule has 1 heterocycles. The van der Waals surface area contributed by atoms with Crippen LogP contribution < -0.4 is 10.6 Å². The van der Waals surface area contributed by atoms with Crippen LogP contribution in [0.1, 0.15) is 45.7 Å². The lowest BCUT2D eigenvalue weighted by Crippen LogP contribution is -2.34. The van der Waals surface area contributed by atoms with Crippen LogP contribution in [-0.2, 0) is 14.3 Å². The van der Waals surface area contributed by atoms with Gasteiger partial charge in [0, 0.05) is 28.4 Å². The van der Waals surface area contributed by atoms with Gasteiger partial charge in [0.05, 0.1) is 13.2 Å². The van der Waals surface area contributed by atoms with Crippen LogP contribution in [0.2, 0.25) is 0 Å². The van der Waals surface area contributed by atoms with Gasteiger partial charge in [-0.25, -0.2) is 4.79 Å². The molecule has 3 N–H and O–H groups in total. The molecule has 1 unspecified atom stereocenters. The summed E-state index contributed by atoms with van der Waals surface area (Å²) in [5.74, 6) is -0.349. The maximum atomic E-state index is 12.2. The first-order valence-corrected chi connectivity index (χ1v) is 8.65. The fourth-order valence-electron chi connectivity index (χ4n) is 2.72. The molecule has 1 aromatic carbocycles. The molecule has 2 aromatic rings. The van der Waals surface area contributed by atoms with E-state index >= 15 is 0 Å².